The number of carbonyl (C=O) groups is 1. The highest BCUT2D eigenvalue weighted by molar-refractivity contribution is 9.10. The average molecular weight is 280 g/mol. The first kappa shape index (κ1) is 9.90. The van der Waals surface area contributed by atoms with Gasteiger partial charge in [-0.3, -0.25) is 4.79 Å². The zero-order valence-corrected chi connectivity index (χ0v) is 10.2. The van der Waals surface area contributed by atoms with Gasteiger partial charge in [0.05, 0.1) is 0 Å². The molecule has 0 aromatic heterocycles. The number of halogens is 1. The summed E-state index contributed by atoms with van der Waals surface area (Å²) in [7, 11) is 0. The molecule has 0 N–H and O–H groups in total. The summed E-state index contributed by atoms with van der Waals surface area (Å²) in [6.07, 6.45) is 2.71. The summed E-state index contributed by atoms with van der Waals surface area (Å²) < 4.78 is 6.05. The van der Waals surface area contributed by atoms with Gasteiger partial charge in [0.1, 0.15) is 6.61 Å². The number of epoxide rings is 1. The van der Waals surface area contributed by atoms with Crippen LogP contribution in [0.2, 0.25) is 0 Å². The quantitative estimate of drug-likeness (QED) is 0.740. The van der Waals surface area contributed by atoms with E-state index in [-0.39, 0.29) is 5.91 Å². The predicted octanol–water partition coefficient (Wildman–Crippen LogP) is 2.32. The SMILES string of the molecule is O=C1c2ccc(Br)cc2CCN1C=C1CO1. The number of hydrogen-bond acceptors (Lipinski definition) is 2. The van der Waals surface area contributed by atoms with Crippen molar-refractivity contribution >= 4 is 21.8 Å². The maximum absolute atomic E-state index is 12.1. The molecule has 1 aromatic carbocycles. The Bertz CT molecular complexity index is 490. The number of amides is 1. The van der Waals surface area contributed by atoms with Crippen molar-refractivity contribution in [2.45, 2.75) is 6.42 Å². The van der Waals surface area contributed by atoms with Crippen LogP contribution in [0.4, 0.5) is 0 Å². The predicted molar refractivity (Wildman–Crippen MR) is 62.9 cm³/mol. The van der Waals surface area contributed by atoms with Crippen LogP contribution in [-0.2, 0) is 11.2 Å². The first-order valence-electron chi connectivity index (χ1n) is 5.17. The first-order valence-corrected chi connectivity index (χ1v) is 5.96. The minimum Gasteiger partial charge on any atom is -0.485 e. The van der Waals surface area contributed by atoms with E-state index in [4.69, 9.17) is 4.74 Å². The van der Waals surface area contributed by atoms with Crippen LogP contribution in [-0.4, -0.2) is 24.0 Å². The third-order valence-electron chi connectivity index (χ3n) is 2.79. The van der Waals surface area contributed by atoms with Crippen LogP contribution in [0.1, 0.15) is 15.9 Å². The molecule has 0 radical (unpaired) electrons. The minimum absolute atomic E-state index is 0.0664. The summed E-state index contributed by atoms with van der Waals surface area (Å²) in [6.45, 7) is 1.39. The molecule has 3 nitrogen and oxygen atoms in total. The van der Waals surface area contributed by atoms with Crippen molar-refractivity contribution in [1.29, 1.82) is 0 Å². The molecule has 0 aliphatic carbocycles. The van der Waals surface area contributed by atoms with Crippen molar-refractivity contribution < 1.29 is 9.53 Å². The molecule has 0 spiro atoms. The highest BCUT2D eigenvalue weighted by Crippen LogP contribution is 2.24. The van der Waals surface area contributed by atoms with Crippen LogP contribution in [0, 0.1) is 0 Å². The molecule has 82 valence electrons. The van der Waals surface area contributed by atoms with Crippen molar-refractivity contribution in [3.05, 3.63) is 45.8 Å². The van der Waals surface area contributed by atoms with Gasteiger partial charge in [0.2, 0.25) is 0 Å². The molecule has 0 saturated carbocycles. The van der Waals surface area contributed by atoms with Gasteiger partial charge < -0.3 is 9.64 Å². The van der Waals surface area contributed by atoms with Gasteiger partial charge in [0.25, 0.3) is 5.91 Å². The zero-order chi connectivity index (χ0) is 11.1. The highest BCUT2D eigenvalue weighted by Gasteiger charge is 2.25. The molecule has 0 bridgehead atoms. The number of hydrogen-bond donors (Lipinski definition) is 0. The van der Waals surface area contributed by atoms with Gasteiger partial charge >= 0.3 is 0 Å². The molecular formula is C12H10BrNO2. The summed E-state index contributed by atoms with van der Waals surface area (Å²) in [4.78, 5) is 13.8. The first-order chi connectivity index (χ1) is 7.74. The van der Waals surface area contributed by atoms with Crippen LogP contribution < -0.4 is 0 Å². The topological polar surface area (TPSA) is 32.8 Å². The van der Waals surface area contributed by atoms with Crippen LogP contribution in [0.25, 0.3) is 0 Å². The lowest BCUT2D eigenvalue weighted by atomic mass is 9.99. The van der Waals surface area contributed by atoms with E-state index in [0.29, 0.717) is 6.61 Å². The van der Waals surface area contributed by atoms with E-state index in [9.17, 15) is 4.79 Å². The second kappa shape index (κ2) is 3.63. The second-order valence-corrected chi connectivity index (χ2v) is 4.85. The minimum atomic E-state index is 0.0664. The van der Waals surface area contributed by atoms with Gasteiger partial charge in [0, 0.05) is 22.8 Å². The molecule has 1 amide bonds. The van der Waals surface area contributed by atoms with E-state index in [1.165, 1.54) is 0 Å². The van der Waals surface area contributed by atoms with Gasteiger partial charge in [0.15, 0.2) is 5.76 Å². The van der Waals surface area contributed by atoms with Crippen LogP contribution in [0.15, 0.2) is 34.6 Å². The maximum atomic E-state index is 12.1. The van der Waals surface area contributed by atoms with Gasteiger partial charge in [-0.05, 0) is 30.2 Å². The van der Waals surface area contributed by atoms with Crippen LogP contribution >= 0.6 is 15.9 Å². The molecule has 2 aliphatic heterocycles. The zero-order valence-electron chi connectivity index (χ0n) is 8.57. The standard InChI is InChI=1S/C12H10BrNO2/c13-9-1-2-11-8(5-9)3-4-14(12(11)15)6-10-7-16-10/h1-2,5-6H,3-4,7H2. The Labute approximate surface area is 102 Å². The Morgan fingerprint density at radius 3 is 3.00 bits per heavy atom. The molecule has 0 unspecified atom stereocenters. The molecular weight excluding hydrogens is 270 g/mol. The molecule has 16 heavy (non-hydrogen) atoms. The van der Waals surface area contributed by atoms with Crippen molar-refractivity contribution in [2.24, 2.45) is 0 Å². The van der Waals surface area contributed by atoms with Gasteiger partial charge in [-0.15, -0.1) is 0 Å². The fourth-order valence-electron chi connectivity index (χ4n) is 1.89. The monoisotopic (exact) mass is 279 g/mol. The number of benzene rings is 1. The van der Waals surface area contributed by atoms with Crippen molar-refractivity contribution in [1.82, 2.24) is 4.90 Å². The maximum Gasteiger partial charge on any atom is 0.258 e. The largest absolute Gasteiger partial charge is 0.485 e. The lowest BCUT2D eigenvalue weighted by Crippen LogP contribution is -2.33. The molecule has 1 fully saturated rings. The van der Waals surface area contributed by atoms with E-state index in [0.717, 1.165) is 34.3 Å². The Morgan fingerprint density at radius 2 is 2.25 bits per heavy atom. The number of ether oxygens (including phenoxy) is 1. The third kappa shape index (κ3) is 1.73. The lowest BCUT2D eigenvalue weighted by Gasteiger charge is -2.25. The summed E-state index contributed by atoms with van der Waals surface area (Å²) in [5.41, 5.74) is 1.91. The third-order valence-corrected chi connectivity index (χ3v) is 3.28. The van der Waals surface area contributed by atoms with Crippen molar-refractivity contribution in [3.63, 3.8) is 0 Å². The summed E-state index contributed by atoms with van der Waals surface area (Å²) in [6, 6.07) is 5.80. The lowest BCUT2D eigenvalue weighted by molar-refractivity contribution is 0.0807. The number of carbonyl (C=O) groups excluding carboxylic acids is 1. The Balaban J connectivity index is 1.95. The number of rotatable bonds is 1. The Kier molecular flexibility index (Phi) is 2.24. The summed E-state index contributed by atoms with van der Waals surface area (Å²) in [5.74, 6) is 0.964. The molecule has 1 saturated heterocycles. The van der Waals surface area contributed by atoms with Gasteiger partial charge in [-0.25, -0.2) is 0 Å². The molecule has 0 atom stereocenters. The van der Waals surface area contributed by atoms with Crippen molar-refractivity contribution in [2.75, 3.05) is 13.2 Å². The second-order valence-electron chi connectivity index (χ2n) is 3.93. The van der Waals surface area contributed by atoms with Crippen molar-refractivity contribution in [3.8, 4) is 0 Å². The Morgan fingerprint density at radius 1 is 1.44 bits per heavy atom. The smallest absolute Gasteiger partial charge is 0.258 e. The normalized spacial score (nSPS) is 20.7. The van der Waals surface area contributed by atoms with E-state index >= 15 is 0 Å². The molecule has 2 aliphatic rings. The highest BCUT2D eigenvalue weighted by atomic mass is 79.9. The van der Waals surface area contributed by atoms with E-state index in [1.807, 2.05) is 24.4 Å². The average Bonchev–Trinajstić information content (AvgIpc) is 3.06. The van der Waals surface area contributed by atoms with E-state index < -0.39 is 0 Å². The number of fused-ring (bicyclic) bond motifs is 1. The van der Waals surface area contributed by atoms with Crippen LogP contribution in [0.3, 0.4) is 0 Å². The summed E-state index contributed by atoms with van der Waals surface area (Å²) >= 11 is 3.42. The molecule has 3 rings (SSSR count). The Hall–Kier alpha value is -1.29. The summed E-state index contributed by atoms with van der Waals surface area (Å²) in [5, 5.41) is 0. The molecule has 4 heteroatoms. The molecule has 2 heterocycles. The molecule has 1 aromatic rings. The van der Waals surface area contributed by atoms with Crippen LogP contribution in [0.5, 0.6) is 0 Å². The van der Waals surface area contributed by atoms with Gasteiger partial charge in [-0.2, -0.15) is 0 Å². The number of nitrogens with zero attached hydrogens (tertiary/aromatic N) is 1. The van der Waals surface area contributed by atoms with E-state index in [2.05, 4.69) is 15.9 Å². The van der Waals surface area contributed by atoms with E-state index in [1.54, 1.807) is 4.90 Å². The fraction of sp³-hybridized carbons (Fsp3) is 0.250. The van der Waals surface area contributed by atoms with Gasteiger partial charge in [-0.1, -0.05) is 15.9 Å². The fourth-order valence-corrected chi connectivity index (χ4v) is 2.30.